The van der Waals surface area contributed by atoms with Crippen molar-refractivity contribution in [3.05, 3.63) is 58.4 Å². The first-order chi connectivity index (χ1) is 10.2. The SMILES string of the molecule is [C-]#[N+]c1cc(C)cc2c3c(oc12)-c1ccc(O)cc1CC3. The average molecular weight is 275 g/mol. The summed E-state index contributed by atoms with van der Waals surface area (Å²) in [5, 5.41) is 10.7. The summed E-state index contributed by atoms with van der Waals surface area (Å²) in [7, 11) is 0. The van der Waals surface area contributed by atoms with Crippen molar-refractivity contribution in [2.24, 2.45) is 0 Å². The molecule has 0 unspecified atom stereocenters. The van der Waals surface area contributed by atoms with Crippen molar-refractivity contribution in [2.45, 2.75) is 19.8 Å². The van der Waals surface area contributed by atoms with E-state index in [9.17, 15) is 5.11 Å². The highest BCUT2D eigenvalue weighted by molar-refractivity contribution is 5.97. The van der Waals surface area contributed by atoms with Crippen molar-refractivity contribution in [2.75, 3.05) is 0 Å². The van der Waals surface area contributed by atoms with Gasteiger partial charge < -0.3 is 9.52 Å². The summed E-state index contributed by atoms with van der Waals surface area (Å²) >= 11 is 0. The summed E-state index contributed by atoms with van der Waals surface area (Å²) in [5.74, 6) is 1.13. The number of phenolic OH excluding ortho intramolecular Hbond substituents is 1. The van der Waals surface area contributed by atoms with Crippen LogP contribution in [-0.4, -0.2) is 5.11 Å². The van der Waals surface area contributed by atoms with Gasteiger partial charge >= 0.3 is 0 Å². The van der Waals surface area contributed by atoms with Crippen molar-refractivity contribution in [1.82, 2.24) is 0 Å². The van der Waals surface area contributed by atoms with Crippen LogP contribution in [0.3, 0.4) is 0 Å². The topological polar surface area (TPSA) is 37.7 Å². The molecule has 2 aromatic carbocycles. The van der Waals surface area contributed by atoms with Gasteiger partial charge in [0.2, 0.25) is 5.69 Å². The maximum Gasteiger partial charge on any atom is 0.229 e. The highest BCUT2D eigenvalue weighted by Gasteiger charge is 2.24. The molecule has 1 aliphatic rings. The van der Waals surface area contributed by atoms with Gasteiger partial charge in [-0.2, -0.15) is 0 Å². The maximum atomic E-state index is 9.62. The molecule has 3 heteroatoms. The Kier molecular flexibility index (Phi) is 2.37. The van der Waals surface area contributed by atoms with Crippen LogP contribution in [0.25, 0.3) is 27.1 Å². The molecule has 0 amide bonds. The highest BCUT2D eigenvalue weighted by atomic mass is 16.3. The summed E-state index contributed by atoms with van der Waals surface area (Å²) in [6.45, 7) is 9.34. The number of aryl methyl sites for hydroxylation is 3. The fourth-order valence-electron chi connectivity index (χ4n) is 3.19. The predicted molar refractivity (Wildman–Crippen MR) is 81.7 cm³/mol. The molecule has 102 valence electrons. The molecular formula is C18H13NO2. The van der Waals surface area contributed by atoms with Gasteiger partial charge in [-0.3, -0.25) is 0 Å². The molecule has 3 nitrogen and oxygen atoms in total. The van der Waals surface area contributed by atoms with Crippen molar-refractivity contribution in [3.63, 3.8) is 0 Å². The van der Waals surface area contributed by atoms with Gasteiger partial charge in [0.15, 0.2) is 0 Å². The lowest BCUT2D eigenvalue weighted by atomic mass is 9.89. The Morgan fingerprint density at radius 1 is 1.19 bits per heavy atom. The number of benzene rings is 2. The van der Waals surface area contributed by atoms with Crippen molar-refractivity contribution in [1.29, 1.82) is 0 Å². The zero-order chi connectivity index (χ0) is 14.6. The zero-order valence-corrected chi connectivity index (χ0v) is 11.6. The van der Waals surface area contributed by atoms with Crippen molar-refractivity contribution < 1.29 is 9.52 Å². The lowest BCUT2D eigenvalue weighted by molar-refractivity contribution is 0.474. The second kappa shape index (κ2) is 4.13. The van der Waals surface area contributed by atoms with E-state index in [0.717, 1.165) is 40.7 Å². The van der Waals surface area contributed by atoms with Gasteiger partial charge in [0.05, 0.1) is 6.57 Å². The number of nitrogens with zero attached hydrogens (tertiary/aromatic N) is 1. The van der Waals surface area contributed by atoms with Crippen LogP contribution in [0.2, 0.25) is 0 Å². The molecule has 1 aromatic heterocycles. The molecule has 1 heterocycles. The van der Waals surface area contributed by atoms with Crippen LogP contribution >= 0.6 is 0 Å². The summed E-state index contributed by atoms with van der Waals surface area (Å²) in [6, 6.07) is 9.34. The van der Waals surface area contributed by atoms with Gasteiger partial charge in [0, 0.05) is 16.5 Å². The summed E-state index contributed by atoms with van der Waals surface area (Å²) in [4.78, 5) is 3.59. The first-order valence-corrected chi connectivity index (χ1v) is 6.93. The molecule has 0 atom stereocenters. The van der Waals surface area contributed by atoms with Crippen LogP contribution < -0.4 is 0 Å². The smallest absolute Gasteiger partial charge is 0.229 e. The molecule has 21 heavy (non-hydrogen) atoms. The molecule has 1 aliphatic carbocycles. The van der Waals surface area contributed by atoms with Crippen LogP contribution in [0.5, 0.6) is 5.75 Å². The minimum atomic E-state index is 0.283. The van der Waals surface area contributed by atoms with Gasteiger partial charge in [-0.1, -0.05) is 11.6 Å². The third-order valence-corrected chi connectivity index (χ3v) is 4.12. The molecule has 4 rings (SSSR count). The summed E-state index contributed by atoms with van der Waals surface area (Å²) < 4.78 is 6.04. The lowest BCUT2D eigenvalue weighted by Gasteiger charge is -2.15. The Morgan fingerprint density at radius 2 is 2.05 bits per heavy atom. The zero-order valence-electron chi connectivity index (χ0n) is 11.6. The predicted octanol–water partition coefficient (Wildman–Crippen LogP) is 4.76. The van der Waals surface area contributed by atoms with E-state index in [0.29, 0.717) is 11.3 Å². The fourth-order valence-corrected chi connectivity index (χ4v) is 3.19. The number of hydrogen-bond acceptors (Lipinski definition) is 2. The van der Waals surface area contributed by atoms with E-state index in [-0.39, 0.29) is 5.75 Å². The third kappa shape index (κ3) is 1.66. The molecule has 0 radical (unpaired) electrons. The van der Waals surface area contributed by atoms with Crippen LogP contribution in [0, 0.1) is 13.5 Å². The Morgan fingerprint density at radius 3 is 2.86 bits per heavy atom. The van der Waals surface area contributed by atoms with Crippen LogP contribution in [0.4, 0.5) is 5.69 Å². The van der Waals surface area contributed by atoms with Crippen LogP contribution in [0.1, 0.15) is 16.7 Å². The summed E-state index contributed by atoms with van der Waals surface area (Å²) in [5.41, 5.74) is 5.63. The Labute approximate surface area is 122 Å². The van der Waals surface area contributed by atoms with Gasteiger partial charge in [0.25, 0.3) is 0 Å². The second-order valence-electron chi connectivity index (χ2n) is 5.52. The summed E-state index contributed by atoms with van der Waals surface area (Å²) in [6.07, 6.45) is 1.76. The number of aromatic hydroxyl groups is 1. The highest BCUT2D eigenvalue weighted by Crippen LogP contribution is 2.43. The molecule has 0 fully saturated rings. The minimum absolute atomic E-state index is 0.283. The van der Waals surface area contributed by atoms with E-state index >= 15 is 0 Å². The van der Waals surface area contributed by atoms with E-state index in [4.69, 9.17) is 11.0 Å². The first-order valence-electron chi connectivity index (χ1n) is 6.93. The first kappa shape index (κ1) is 12.0. The lowest BCUT2D eigenvalue weighted by Crippen LogP contribution is -2.01. The average Bonchev–Trinajstić information content (AvgIpc) is 2.84. The van der Waals surface area contributed by atoms with E-state index in [1.165, 1.54) is 5.56 Å². The molecule has 0 spiro atoms. The number of hydrogen-bond donors (Lipinski definition) is 1. The van der Waals surface area contributed by atoms with Crippen molar-refractivity contribution in [3.8, 4) is 17.1 Å². The minimum Gasteiger partial charge on any atom is -0.508 e. The Bertz CT molecular complexity index is 929. The van der Waals surface area contributed by atoms with E-state index in [1.54, 1.807) is 12.1 Å². The Hall–Kier alpha value is -2.73. The number of rotatable bonds is 0. The quantitative estimate of drug-likeness (QED) is 0.600. The van der Waals surface area contributed by atoms with Gasteiger partial charge in [0.1, 0.15) is 17.1 Å². The van der Waals surface area contributed by atoms with Crippen molar-refractivity contribution >= 4 is 16.7 Å². The number of fused-ring (bicyclic) bond motifs is 5. The molecular weight excluding hydrogens is 262 g/mol. The molecule has 0 aliphatic heterocycles. The van der Waals surface area contributed by atoms with E-state index in [1.807, 2.05) is 19.1 Å². The van der Waals surface area contributed by atoms with Crippen LogP contribution in [-0.2, 0) is 12.8 Å². The molecule has 3 aromatic rings. The fraction of sp³-hybridized carbons (Fsp3) is 0.167. The van der Waals surface area contributed by atoms with Gasteiger partial charge in [-0.25, -0.2) is 4.85 Å². The molecule has 1 N–H and O–H groups in total. The van der Waals surface area contributed by atoms with E-state index < -0.39 is 0 Å². The number of phenols is 1. The Balaban J connectivity index is 2.08. The maximum absolute atomic E-state index is 9.62. The second-order valence-corrected chi connectivity index (χ2v) is 5.52. The number of furan rings is 1. The van der Waals surface area contributed by atoms with Gasteiger partial charge in [-0.05, 0) is 49.6 Å². The van der Waals surface area contributed by atoms with E-state index in [2.05, 4.69) is 10.9 Å². The largest absolute Gasteiger partial charge is 0.508 e. The van der Waals surface area contributed by atoms with Crippen LogP contribution in [0.15, 0.2) is 34.7 Å². The third-order valence-electron chi connectivity index (χ3n) is 4.12. The normalized spacial score (nSPS) is 12.8. The molecule has 0 bridgehead atoms. The molecule has 0 saturated heterocycles. The monoisotopic (exact) mass is 275 g/mol. The standard InChI is InChI=1S/C18H13NO2/c1-10-7-15-14-5-3-11-9-12(20)4-6-13(11)17(14)21-18(15)16(8-10)19-2/h4,6-9,20H,3,5H2,1H3. The van der Waals surface area contributed by atoms with Gasteiger partial charge in [-0.15, -0.1) is 0 Å². The molecule has 0 saturated carbocycles.